The lowest BCUT2D eigenvalue weighted by Crippen LogP contribution is -2.26. The van der Waals surface area contributed by atoms with E-state index >= 15 is 0 Å². The molecule has 0 spiro atoms. The van der Waals surface area contributed by atoms with E-state index in [1.165, 1.54) is 19.3 Å². The summed E-state index contributed by atoms with van der Waals surface area (Å²) in [6.07, 6.45) is 4.75. The molecular formula is C14H23N5O. The maximum Gasteiger partial charge on any atom is 0.223 e. The molecule has 0 saturated heterocycles. The zero-order valence-corrected chi connectivity index (χ0v) is 11.9. The molecule has 1 aromatic carbocycles. The van der Waals surface area contributed by atoms with Crippen molar-refractivity contribution in [2.75, 3.05) is 6.61 Å². The summed E-state index contributed by atoms with van der Waals surface area (Å²) in [4.78, 5) is 7.69. The highest BCUT2D eigenvalue weighted by molar-refractivity contribution is 5.93. The molecule has 0 aliphatic heterocycles. The number of nitrogens with two attached hydrogens (primary N) is 3. The Morgan fingerprint density at radius 2 is 1.75 bits per heavy atom. The number of hydrogen-bond donors (Lipinski definition) is 3. The lowest BCUT2D eigenvalue weighted by molar-refractivity contribution is 0.305. The summed E-state index contributed by atoms with van der Waals surface area (Å²) < 4.78 is 5.63. The van der Waals surface area contributed by atoms with Gasteiger partial charge in [0.15, 0.2) is 5.96 Å². The molecule has 1 aromatic rings. The third kappa shape index (κ3) is 6.63. The first-order chi connectivity index (χ1) is 9.61. The number of guanidine groups is 2. The number of rotatable bonds is 7. The predicted molar refractivity (Wildman–Crippen MR) is 83.2 cm³/mol. The SMILES string of the molecule is CCCCCCOc1ccc(N=C(N)N=C(N)N)cc1. The van der Waals surface area contributed by atoms with Crippen molar-refractivity contribution >= 4 is 17.6 Å². The molecule has 0 heterocycles. The molecule has 0 saturated carbocycles. The summed E-state index contributed by atoms with van der Waals surface area (Å²) in [5.41, 5.74) is 16.6. The van der Waals surface area contributed by atoms with Crippen LogP contribution in [0.25, 0.3) is 0 Å². The molecule has 0 atom stereocenters. The van der Waals surface area contributed by atoms with Gasteiger partial charge < -0.3 is 21.9 Å². The van der Waals surface area contributed by atoms with Crippen molar-refractivity contribution < 1.29 is 4.74 Å². The molecule has 0 radical (unpaired) electrons. The highest BCUT2D eigenvalue weighted by Gasteiger charge is 1.96. The first-order valence-corrected chi connectivity index (χ1v) is 6.78. The number of ether oxygens (including phenoxy) is 1. The summed E-state index contributed by atoms with van der Waals surface area (Å²) in [7, 11) is 0. The third-order valence-electron chi connectivity index (χ3n) is 2.59. The second kappa shape index (κ2) is 8.79. The van der Waals surface area contributed by atoms with Gasteiger partial charge in [-0.15, -0.1) is 0 Å². The van der Waals surface area contributed by atoms with E-state index in [4.69, 9.17) is 21.9 Å². The zero-order chi connectivity index (χ0) is 14.8. The monoisotopic (exact) mass is 277 g/mol. The van der Waals surface area contributed by atoms with E-state index in [-0.39, 0.29) is 11.9 Å². The van der Waals surface area contributed by atoms with Gasteiger partial charge in [-0.1, -0.05) is 26.2 Å². The zero-order valence-electron chi connectivity index (χ0n) is 11.9. The highest BCUT2D eigenvalue weighted by Crippen LogP contribution is 2.18. The van der Waals surface area contributed by atoms with E-state index in [1.54, 1.807) is 12.1 Å². The molecule has 110 valence electrons. The summed E-state index contributed by atoms with van der Waals surface area (Å²) in [5, 5.41) is 0. The number of hydrogen-bond acceptors (Lipinski definition) is 2. The van der Waals surface area contributed by atoms with Gasteiger partial charge in [-0.3, -0.25) is 0 Å². The van der Waals surface area contributed by atoms with Crippen LogP contribution < -0.4 is 21.9 Å². The molecule has 0 fully saturated rings. The molecule has 6 nitrogen and oxygen atoms in total. The van der Waals surface area contributed by atoms with Crippen LogP contribution >= 0.6 is 0 Å². The van der Waals surface area contributed by atoms with E-state index in [9.17, 15) is 0 Å². The van der Waals surface area contributed by atoms with Crippen LogP contribution in [0.2, 0.25) is 0 Å². The quantitative estimate of drug-likeness (QED) is 0.401. The Labute approximate surface area is 119 Å². The van der Waals surface area contributed by atoms with Gasteiger partial charge in [-0.2, -0.15) is 4.99 Å². The Bertz CT molecular complexity index is 449. The fraction of sp³-hybridized carbons (Fsp3) is 0.429. The molecule has 0 aliphatic carbocycles. The Kier molecular flexibility index (Phi) is 6.95. The molecular weight excluding hydrogens is 254 g/mol. The van der Waals surface area contributed by atoms with E-state index in [0.717, 1.165) is 18.8 Å². The Morgan fingerprint density at radius 1 is 1.05 bits per heavy atom. The molecule has 0 aromatic heterocycles. The largest absolute Gasteiger partial charge is 0.494 e. The summed E-state index contributed by atoms with van der Waals surface area (Å²) in [6, 6.07) is 7.30. The minimum atomic E-state index is -0.113. The van der Waals surface area contributed by atoms with Crippen LogP contribution in [0.3, 0.4) is 0 Å². The van der Waals surface area contributed by atoms with Gasteiger partial charge in [0.05, 0.1) is 12.3 Å². The standard InChI is InChI=1S/C14H23N5O/c1-2-3-4-5-10-20-12-8-6-11(7-9-12)18-14(17)19-13(15)16/h6-9H,2-5,10H2,1H3,(H6,15,16,17,18,19). The van der Waals surface area contributed by atoms with Crippen LogP contribution in [0.4, 0.5) is 5.69 Å². The first-order valence-electron chi connectivity index (χ1n) is 6.78. The van der Waals surface area contributed by atoms with Gasteiger partial charge in [0.25, 0.3) is 0 Å². The first kappa shape index (κ1) is 15.8. The van der Waals surface area contributed by atoms with Gasteiger partial charge in [0.2, 0.25) is 5.96 Å². The Hall–Kier alpha value is -2.24. The Morgan fingerprint density at radius 3 is 2.35 bits per heavy atom. The molecule has 1 rings (SSSR count). The second-order valence-corrected chi connectivity index (χ2v) is 4.41. The van der Waals surface area contributed by atoms with Crippen LogP contribution in [0, 0.1) is 0 Å². The Balaban J connectivity index is 2.46. The summed E-state index contributed by atoms with van der Waals surface area (Å²) in [5.74, 6) is 0.734. The van der Waals surface area contributed by atoms with Crippen molar-refractivity contribution in [1.29, 1.82) is 0 Å². The maximum atomic E-state index is 5.63. The van der Waals surface area contributed by atoms with Gasteiger partial charge in [0.1, 0.15) is 5.75 Å². The average Bonchev–Trinajstić information content (AvgIpc) is 2.39. The van der Waals surface area contributed by atoms with Crippen molar-refractivity contribution in [1.82, 2.24) is 0 Å². The summed E-state index contributed by atoms with van der Waals surface area (Å²) in [6.45, 7) is 2.92. The fourth-order valence-electron chi connectivity index (χ4n) is 1.63. The van der Waals surface area contributed by atoms with Crippen molar-refractivity contribution in [2.24, 2.45) is 27.2 Å². The molecule has 20 heavy (non-hydrogen) atoms. The number of benzene rings is 1. The molecule has 6 heteroatoms. The van der Waals surface area contributed by atoms with Crippen LogP contribution in [-0.2, 0) is 0 Å². The molecule has 0 bridgehead atoms. The fourth-order valence-corrected chi connectivity index (χ4v) is 1.63. The van der Waals surface area contributed by atoms with Gasteiger partial charge in [-0.05, 0) is 30.7 Å². The normalized spacial score (nSPS) is 11.2. The molecule has 0 amide bonds. The minimum Gasteiger partial charge on any atom is -0.494 e. The van der Waals surface area contributed by atoms with Gasteiger partial charge >= 0.3 is 0 Å². The third-order valence-corrected chi connectivity index (χ3v) is 2.59. The number of unbranched alkanes of at least 4 members (excludes halogenated alkanes) is 3. The maximum absolute atomic E-state index is 5.63. The van der Waals surface area contributed by atoms with Crippen molar-refractivity contribution in [3.63, 3.8) is 0 Å². The van der Waals surface area contributed by atoms with Crippen molar-refractivity contribution in [3.05, 3.63) is 24.3 Å². The lowest BCUT2D eigenvalue weighted by Gasteiger charge is -2.06. The van der Waals surface area contributed by atoms with Crippen LogP contribution in [0.1, 0.15) is 32.6 Å². The van der Waals surface area contributed by atoms with E-state index in [2.05, 4.69) is 16.9 Å². The van der Waals surface area contributed by atoms with Crippen LogP contribution in [0.15, 0.2) is 34.3 Å². The molecule has 0 aliphatic rings. The molecule has 6 N–H and O–H groups in total. The number of nitrogens with zero attached hydrogens (tertiary/aromatic N) is 2. The highest BCUT2D eigenvalue weighted by atomic mass is 16.5. The van der Waals surface area contributed by atoms with Crippen molar-refractivity contribution in [2.45, 2.75) is 32.6 Å². The van der Waals surface area contributed by atoms with Crippen molar-refractivity contribution in [3.8, 4) is 5.75 Å². The lowest BCUT2D eigenvalue weighted by atomic mass is 10.2. The topological polar surface area (TPSA) is 112 Å². The van der Waals surface area contributed by atoms with E-state index < -0.39 is 0 Å². The molecule has 0 unspecified atom stereocenters. The van der Waals surface area contributed by atoms with Gasteiger partial charge in [0, 0.05) is 0 Å². The predicted octanol–water partition coefficient (Wildman–Crippen LogP) is 1.87. The number of aliphatic imine (C=N–C) groups is 2. The van der Waals surface area contributed by atoms with Crippen LogP contribution in [-0.4, -0.2) is 18.5 Å². The van der Waals surface area contributed by atoms with Gasteiger partial charge in [-0.25, -0.2) is 4.99 Å². The van der Waals surface area contributed by atoms with E-state index in [0.29, 0.717) is 5.69 Å². The van der Waals surface area contributed by atoms with E-state index in [1.807, 2.05) is 12.1 Å². The minimum absolute atomic E-state index is 0.0261. The second-order valence-electron chi connectivity index (χ2n) is 4.41. The van der Waals surface area contributed by atoms with Crippen LogP contribution in [0.5, 0.6) is 5.75 Å². The average molecular weight is 277 g/mol. The smallest absolute Gasteiger partial charge is 0.223 e. The summed E-state index contributed by atoms with van der Waals surface area (Å²) >= 11 is 0.